The molecule has 0 radical (unpaired) electrons. The van der Waals surface area contributed by atoms with E-state index in [1.54, 1.807) is 0 Å². The van der Waals surface area contributed by atoms with Gasteiger partial charge >= 0.3 is 39.5 Å². The van der Waals surface area contributed by atoms with Gasteiger partial charge in [0, 0.05) is 25.7 Å². The van der Waals surface area contributed by atoms with Gasteiger partial charge in [-0.25, -0.2) is 9.13 Å². The number of ether oxygens (including phenoxy) is 4. The van der Waals surface area contributed by atoms with Crippen molar-refractivity contribution in [1.29, 1.82) is 0 Å². The van der Waals surface area contributed by atoms with E-state index in [9.17, 15) is 43.2 Å². The molecule has 0 saturated heterocycles. The van der Waals surface area contributed by atoms with Crippen LogP contribution in [0.4, 0.5) is 0 Å². The molecule has 0 bridgehead atoms. The fourth-order valence-electron chi connectivity index (χ4n) is 11.5. The van der Waals surface area contributed by atoms with Crippen LogP contribution in [0.15, 0.2) is 0 Å². The van der Waals surface area contributed by atoms with Gasteiger partial charge in [0.15, 0.2) is 12.2 Å². The molecule has 94 heavy (non-hydrogen) atoms. The molecule has 0 aliphatic rings. The largest absolute Gasteiger partial charge is 0.472 e. The third-order valence-electron chi connectivity index (χ3n) is 17.5. The third kappa shape index (κ3) is 68.6. The number of aliphatic hydroxyl groups is 1. The van der Waals surface area contributed by atoms with Crippen LogP contribution in [-0.4, -0.2) is 96.7 Å². The molecule has 3 N–H and O–H groups in total. The fraction of sp³-hybridized carbons (Fsp3) is 0.947. The summed E-state index contributed by atoms with van der Waals surface area (Å²) in [6, 6.07) is 0. The molecule has 2 unspecified atom stereocenters. The topological polar surface area (TPSA) is 237 Å². The summed E-state index contributed by atoms with van der Waals surface area (Å²) in [6.45, 7) is 9.52. The van der Waals surface area contributed by atoms with Crippen LogP contribution in [0.5, 0.6) is 0 Å². The Morgan fingerprint density at radius 1 is 0.287 bits per heavy atom. The Bertz CT molecular complexity index is 1820. The van der Waals surface area contributed by atoms with Crippen LogP contribution >= 0.6 is 15.6 Å². The highest BCUT2D eigenvalue weighted by atomic mass is 31.2. The average Bonchev–Trinajstić information content (AvgIpc) is 3.00. The molecule has 5 atom stereocenters. The molecular formula is C75H146O17P2. The Balaban J connectivity index is 5.24. The summed E-state index contributed by atoms with van der Waals surface area (Å²) < 4.78 is 68.5. The number of aliphatic hydroxyl groups excluding tert-OH is 1. The highest BCUT2D eigenvalue weighted by Gasteiger charge is 2.30. The van der Waals surface area contributed by atoms with Gasteiger partial charge in [0.25, 0.3) is 0 Å². The van der Waals surface area contributed by atoms with Gasteiger partial charge in [-0.3, -0.25) is 37.3 Å². The predicted molar refractivity (Wildman–Crippen MR) is 381 cm³/mol. The van der Waals surface area contributed by atoms with Gasteiger partial charge in [-0.15, -0.1) is 0 Å². The zero-order chi connectivity index (χ0) is 69.3. The maximum atomic E-state index is 13.1. The molecule has 0 rings (SSSR count). The minimum atomic E-state index is -4.96. The molecule has 0 fully saturated rings. The van der Waals surface area contributed by atoms with E-state index in [4.69, 9.17) is 37.0 Å². The van der Waals surface area contributed by atoms with Crippen LogP contribution in [-0.2, 0) is 65.4 Å². The molecule has 0 aliphatic carbocycles. The van der Waals surface area contributed by atoms with Gasteiger partial charge in [0.05, 0.1) is 26.4 Å². The molecule has 0 aromatic heterocycles. The second-order valence-electron chi connectivity index (χ2n) is 28.0. The Kier molecular flexibility index (Phi) is 65.5. The highest BCUT2D eigenvalue weighted by Crippen LogP contribution is 2.45. The maximum Gasteiger partial charge on any atom is 0.472 e. The van der Waals surface area contributed by atoms with E-state index in [0.29, 0.717) is 25.7 Å². The van der Waals surface area contributed by atoms with Crippen LogP contribution in [0.25, 0.3) is 0 Å². The smallest absolute Gasteiger partial charge is 0.462 e. The molecule has 0 aliphatic heterocycles. The molecule has 19 heteroatoms. The lowest BCUT2D eigenvalue weighted by atomic mass is 10.0. The summed E-state index contributed by atoms with van der Waals surface area (Å²) in [5.74, 6) is -0.674. The van der Waals surface area contributed by atoms with Gasteiger partial charge in [0.1, 0.15) is 19.3 Å². The Labute approximate surface area is 575 Å². The summed E-state index contributed by atoms with van der Waals surface area (Å²) in [7, 11) is -9.91. The van der Waals surface area contributed by atoms with E-state index < -0.39 is 97.5 Å². The van der Waals surface area contributed by atoms with E-state index in [0.717, 1.165) is 102 Å². The minimum Gasteiger partial charge on any atom is -0.462 e. The van der Waals surface area contributed by atoms with Crippen LogP contribution in [0.2, 0.25) is 0 Å². The minimum absolute atomic E-state index is 0.104. The molecule has 0 saturated carbocycles. The molecule has 0 amide bonds. The molecule has 0 aromatic rings. The van der Waals surface area contributed by atoms with Crippen molar-refractivity contribution in [2.24, 2.45) is 11.8 Å². The zero-order valence-corrected chi connectivity index (χ0v) is 63.1. The number of unbranched alkanes of at least 4 members (excludes halogenated alkanes) is 44. The first-order chi connectivity index (χ1) is 45.4. The van der Waals surface area contributed by atoms with Crippen molar-refractivity contribution in [3.05, 3.63) is 0 Å². The SMILES string of the molecule is CCCCCCCCCCCCCCCCCCCCC(=O)O[C@H](COC(=O)CCCCCCCCCCCCCCCC)COP(=O)(O)OC[C@@H](O)COP(=O)(O)OC[C@@H](COC(=O)CCCCCCCCCCC(C)C)OC(=O)CCCCCCCCCCC(C)C. The van der Waals surface area contributed by atoms with Crippen LogP contribution in [0.1, 0.15) is 388 Å². The van der Waals surface area contributed by atoms with Gasteiger partial charge in [-0.05, 0) is 37.5 Å². The lowest BCUT2D eigenvalue weighted by molar-refractivity contribution is -0.161. The molecule has 0 heterocycles. The van der Waals surface area contributed by atoms with E-state index in [2.05, 4.69) is 41.5 Å². The first-order valence-corrected chi connectivity index (χ1v) is 42.0. The molecular weight excluding hydrogens is 1230 g/mol. The summed E-state index contributed by atoms with van der Waals surface area (Å²) in [6.07, 6.45) is 54.2. The van der Waals surface area contributed by atoms with Crippen LogP contribution < -0.4 is 0 Å². The number of hydrogen-bond donors (Lipinski definition) is 3. The molecule has 0 aromatic carbocycles. The second kappa shape index (κ2) is 66.9. The van der Waals surface area contributed by atoms with Crippen LogP contribution in [0, 0.1) is 11.8 Å². The number of phosphoric ester groups is 2. The fourth-order valence-corrected chi connectivity index (χ4v) is 13.1. The summed E-state index contributed by atoms with van der Waals surface area (Å²) in [5.41, 5.74) is 0. The lowest BCUT2D eigenvalue weighted by Gasteiger charge is -2.21. The van der Waals surface area contributed by atoms with E-state index in [1.165, 1.54) is 205 Å². The molecule has 558 valence electrons. The number of rotatable bonds is 74. The Morgan fingerprint density at radius 3 is 0.723 bits per heavy atom. The monoisotopic (exact) mass is 1380 g/mol. The lowest BCUT2D eigenvalue weighted by Crippen LogP contribution is -2.30. The first kappa shape index (κ1) is 92.1. The number of phosphoric acid groups is 2. The van der Waals surface area contributed by atoms with E-state index in [1.807, 2.05) is 0 Å². The van der Waals surface area contributed by atoms with Gasteiger partial charge < -0.3 is 33.8 Å². The van der Waals surface area contributed by atoms with Crippen molar-refractivity contribution in [3.63, 3.8) is 0 Å². The first-order valence-electron chi connectivity index (χ1n) is 39.0. The standard InChI is InChI=1S/C75H146O17P2/c1-7-9-11-13-15-17-19-21-23-24-25-26-28-30-32-41-47-53-59-74(79)91-70(63-85-72(77)57-51-45-39-31-29-27-22-20-18-16-14-12-10-8-2)65-89-93(81,82)87-61-69(76)62-88-94(83,84)90-66-71(92-75(80)60-54-48-42-36-34-38-44-50-56-68(5)6)64-86-73(78)58-52-46-40-35-33-37-43-49-55-67(3)4/h67-71,76H,7-66H2,1-6H3,(H,81,82)(H,83,84)/t69-,70-,71-/m1/s1. The molecule has 0 spiro atoms. The zero-order valence-electron chi connectivity index (χ0n) is 61.3. The summed E-state index contributed by atoms with van der Waals surface area (Å²) in [5, 5.41) is 10.6. The molecule has 17 nitrogen and oxygen atoms in total. The summed E-state index contributed by atoms with van der Waals surface area (Å²) >= 11 is 0. The third-order valence-corrected chi connectivity index (χ3v) is 19.4. The average molecular weight is 1380 g/mol. The Hall–Kier alpha value is -1.94. The van der Waals surface area contributed by atoms with E-state index >= 15 is 0 Å². The van der Waals surface area contributed by atoms with Crippen molar-refractivity contribution in [2.45, 2.75) is 407 Å². The van der Waals surface area contributed by atoms with Crippen molar-refractivity contribution in [1.82, 2.24) is 0 Å². The van der Waals surface area contributed by atoms with Gasteiger partial charge in [0.2, 0.25) is 0 Å². The predicted octanol–water partition coefficient (Wildman–Crippen LogP) is 21.9. The maximum absolute atomic E-state index is 13.1. The number of hydrogen-bond acceptors (Lipinski definition) is 15. The second-order valence-corrected chi connectivity index (χ2v) is 30.9. The van der Waals surface area contributed by atoms with Crippen LogP contribution in [0.3, 0.4) is 0 Å². The van der Waals surface area contributed by atoms with Crippen molar-refractivity contribution >= 4 is 39.5 Å². The highest BCUT2D eigenvalue weighted by molar-refractivity contribution is 7.47. The van der Waals surface area contributed by atoms with E-state index in [-0.39, 0.29) is 25.7 Å². The normalized spacial score (nSPS) is 14.0. The number of carbonyl (C=O) groups is 4. The quantitative estimate of drug-likeness (QED) is 0.0222. The van der Waals surface area contributed by atoms with Crippen molar-refractivity contribution in [3.8, 4) is 0 Å². The van der Waals surface area contributed by atoms with Gasteiger partial charge in [-0.1, -0.05) is 337 Å². The number of esters is 4. The Morgan fingerprint density at radius 2 is 0.489 bits per heavy atom. The van der Waals surface area contributed by atoms with Crippen molar-refractivity contribution in [2.75, 3.05) is 39.6 Å². The summed E-state index contributed by atoms with van der Waals surface area (Å²) in [4.78, 5) is 72.8. The van der Waals surface area contributed by atoms with Crippen molar-refractivity contribution < 1.29 is 80.2 Å². The van der Waals surface area contributed by atoms with Gasteiger partial charge in [-0.2, -0.15) is 0 Å². The number of carbonyl (C=O) groups excluding carboxylic acids is 4.